The Balaban J connectivity index is 1.56. The monoisotopic (exact) mass is 394 g/mol. The molecule has 2 heterocycles. The SMILES string of the molecule is CCn1c(C2CCCN(C(=O)CCOc3ccccc3Cl)C2)n[nH]c1=S. The Bertz CT molecular complexity index is 820. The Morgan fingerprint density at radius 2 is 2.27 bits per heavy atom. The summed E-state index contributed by atoms with van der Waals surface area (Å²) in [6, 6.07) is 7.28. The van der Waals surface area contributed by atoms with Crippen LogP contribution in [0.25, 0.3) is 0 Å². The molecule has 26 heavy (non-hydrogen) atoms. The molecular weight excluding hydrogens is 372 g/mol. The Morgan fingerprint density at radius 1 is 1.46 bits per heavy atom. The van der Waals surface area contributed by atoms with Crippen LogP contribution in [0.5, 0.6) is 5.75 Å². The number of halogens is 1. The topological polar surface area (TPSA) is 63.1 Å². The van der Waals surface area contributed by atoms with Gasteiger partial charge in [0.05, 0.1) is 18.1 Å². The maximum absolute atomic E-state index is 12.6. The molecule has 0 spiro atoms. The molecular formula is C18H23ClN4O2S. The number of likely N-dealkylation sites (tertiary alicyclic amines) is 1. The molecule has 6 nitrogen and oxygen atoms in total. The molecule has 1 amide bonds. The van der Waals surface area contributed by atoms with Crippen LogP contribution in [0.1, 0.15) is 37.9 Å². The molecule has 140 valence electrons. The zero-order valence-electron chi connectivity index (χ0n) is 14.8. The lowest BCUT2D eigenvalue weighted by Crippen LogP contribution is -2.40. The van der Waals surface area contributed by atoms with Crippen molar-refractivity contribution >= 4 is 29.7 Å². The van der Waals surface area contributed by atoms with Crippen LogP contribution in [0.2, 0.25) is 5.02 Å². The third-order valence-corrected chi connectivity index (χ3v) is 5.28. The zero-order valence-corrected chi connectivity index (χ0v) is 16.4. The highest BCUT2D eigenvalue weighted by molar-refractivity contribution is 7.71. The second-order valence-electron chi connectivity index (χ2n) is 6.34. The molecule has 2 aromatic rings. The van der Waals surface area contributed by atoms with Gasteiger partial charge < -0.3 is 14.2 Å². The van der Waals surface area contributed by atoms with Crippen LogP contribution in [0, 0.1) is 4.77 Å². The Hall–Kier alpha value is -1.86. The first-order valence-electron chi connectivity index (χ1n) is 8.90. The predicted molar refractivity (Wildman–Crippen MR) is 103 cm³/mol. The lowest BCUT2D eigenvalue weighted by atomic mass is 9.97. The van der Waals surface area contributed by atoms with Crippen molar-refractivity contribution in [3.63, 3.8) is 0 Å². The maximum atomic E-state index is 12.6. The molecule has 1 aliphatic heterocycles. The van der Waals surface area contributed by atoms with Crippen molar-refractivity contribution in [2.45, 2.75) is 38.6 Å². The summed E-state index contributed by atoms with van der Waals surface area (Å²) in [5, 5.41) is 7.81. The number of nitrogens with one attached hydrogen (secondary N) is 1. The standard InChI is InChI=1S/C18H23ClN4O2S/c1-2-23-17(20-21-18(23)26)13-6-5-10-22(12-13)16(24)9-11-25-15-8-4-3-7-14(15)19/h3-4,7-8,13H,2,5-6,9-12H2,1H3,(H,21,26). The van der Waals surface area contributed by atoms with E-state index in [0.29, 0.717) is 35.1 Å². The molecule has 0 bridgehead atoms. The van der Waals surface area contributed by atoms with Gasteiger partial charge >= 0.3 is 0 Å². The molecule has 0 aliphatic carbocycles. The summed E-state index contributed by atoms with van der Waals surface area (Å²) >= 11 is 11.3. The van der Waals surface area contributed by atoms with Crippen LogP contribution >= 0.6 is 23.8 Å². The van der Waals surface area contributed by atoms with E-state index in [4.69, 9.17) is 28.6 Å². The van der Waals surface area contributed by atoms with Crippen LogP contribution in [0.4, 0.5) is 0 Å². The Kier molecular flexibility index (Phi) is 6.32. The quantitative estimate of drug-likeness (QED) is 0.757. The molecule has 1 aromatic carbocycles. The minimum Gasteiger partial charge on any atom is -0.491 e. The van der Waals surface area contributed by atoms with Crippen LogP contribution in [0.15, 0.2) is 24.3 Å². The average Bonchev–Trinajstić information content (AvgIpc) is 3.04. The number of carbonyl (C=O) groups excluding carboxylic acids is 1. The molecule has 1 aromatic heterocycles. The van der Waals surface area contributed by atoms with Crippen LogP contribution < -0.4 is 4.74 Å². The normalized spacial score (nSPS) is 17.3. The van der Waals surface area contributed by atoms with Gasteiger partial charge in [0.2, 0.25) is 5.91 Å². The summed E-state index contributed by atoms with van der Waals surface area (Å²) in [4.78, 5) is 14.5. The first kappa shape index (κ1) is 18.9. The maximum Gasteiger partial charge on any atom is 0.226 e. The molecule has 1 saturated heterocycles. The predicted octanol–water partition coefficient (Wildman–Crippen LogP) is 3.79. The number of aromatic amines is 1. The third-order valence-electron chi connectivity index (χ3n) is 4.65. The number of H-pyrrole nitrogens is 1. The molecule has 8 heteroatoms. The van der Waals surface area contributed by atoms with Gasteiger partial charge in [0.15, 0.2) is 4.77 Å². The number of aromatic nitrogens is 3. The molecule has 0 radical (unpaired) electrons. The summed E-state index contributed by atoms with van der Waals surface area (Å²) in [5.41, 5.74) is 0. The number of carbonyl (C=O) groups is 1. The molecule has 1 unspecified atom stereocenters. The number of para-hydroxylation sites is 1. The molecule has 0 saturated carbocycles. The van der Waals surface area contributed by atoms with E-state index in [1.54, 1.807) is 12.1 Å². The number of hydrogen-bond acceptors (Lipinski definition) is 4. The lowest BCUT2D eigenvalue weighted by Gasteiger charge is -2.32. The fourth-order valence-electron chi connectivity index (χ4n) is 3.33. The highest BCUT2D eigenvalue weighted by Crippen LogP contribution is 2.26. The van der Waals surface area contributed by atoms with E-state index >= 15 is 0 Å². The molecule has 3 rings (SSSR count). The van der Waals surface area contributed by atoms with Crippen molar-refractivity contribution in [3.8, 4) is 5.75 Å². The Labute approximate surface area is 163 Å². The van der Waals surface area contributed by atoms with Gasteiger partial charge in [-0.1, -0.05) is 23.7 Å². The van der Waals surface area contributed by atoms with Gasteiger partial charge in [0, 0.05) is 25.6 Å². The fraction of sp³-hybridized carbons (Fsp3) is 0.500. The number of ether oxygens (including phenoxy) is 1. The van der Waals surface area contributed by atoms with E-state index in [9.17, 15) is 4.79 Å². The van der Waals surface area contributed by atoms with Crippen molar-refractivity contribution < 1.29 is 9.53 Å². The first-order valence-corrected chi connectivity index (χ1v) is 9.69. The van der Waals surface area contributed by atoms with Gasteiger partial charge in [-0.05, 0) is 44.1 Å². The summed E-state index contributed by atoms with van der Waals surface area (Å²) in [7, 11) is 0. The van der Waals surface area contributed by atoms with Crippen molar-refractivity contribution in [2.75, 3.05) is 19.7 Å². The smallest absolute Gasteiger partial charge is 0.226 e. The molecule has 1 aliphatic rings. The number of rotatable bonds is 6. The second kappa shape index (κ2) is 8.68. The average molecular weight is 395 g/mol. The largest absolute Gasteiger partial charge is 0.491 e. The Morgan fingerprint density at radius 3 is 3.04 bits per heavy atom. The van der Waals surface area contributed by atoms with Crippen molar-refractivity contribution in [3.05, 3.63) is 39.9 Å². The highest BCUT2D eigenvalue weighted by atomic mass is 35.5. The molecule has 1 fully saturated rings. The van der Waals surface area contributed by atoms with E-state index in [1.807, 2.05) is 28.5 Å². The van der Waals surface area contributed by atoms with Gasteiger partial charge in [-0.25, -0.2) is 0 Å². The highest BCUT2D eigenvalue weighted by Gasteiger charge is 2.27. The van der Waals surface area contributed by atoms with E-state index < -0.39 is 0 Å². The lowest BCUT2D eigenvalue weighted by molar-refractivity contribution is -0.133. The summed E-state index contributed by atoms with van der Waals surface area (Å²) < 4.78 is 8.28. The summed E-state index contributed by atoms with van der Waals surface area (Å²) in [6.07, 6.45) is 2.31. The van der Waals surface area contributed by atoms with Gasteiger partial charge in [-0.3, -0.25) is 9.89 Å². The van der Waals surface area contributed by atoms with Crippen LogP contribution in [-0.2, 0) is 11.3 Å². The van der Waals surface area contributed by atoms with Crippen molar-refractivity contribution in [2.24, 2.45) is 0 Å². The van der Waals surface area contributed by atoms with E-state index in [-0.39, 0.29) is 11.8 Å². The fourth-order valence-corrected chi connectivity index (χ4v) is 3.79. The number of amides is 1. The minimum atomic E-state index is 0.0962. The van der Waals surface area contributed by atoms with E-state index in [1.165, 1.54) is 0 Å². The molecule has 1 atom stereocenters. The van der Waals surface area contributed by atoms with Gasteiger partial charge in [-0.15, -0.1) is 0 Å². The third kappa shape index (κ3) is 4.27. The van der Waals surface area contributed by atoms with Crippen molar-refractivity contribution in [1.82, 2.24) is 19.7 Å². The number of nitrogens with zero attached hydrogens (tertiary/aromatic N) is 3. The first-order chi connectivity index (χ1) is 12.6. The van der Waals surface area contributed by atoms with Gasteiger partial charge in [0.25, 0.3) is 0 Å². The van der Waals surface area contributed by atoms with Crippen LogP contribution in [0.3, 0.4) is 0 Å². The van der Waals surface area contributed by atoms with Gasteiger partial charge in [0.1, 0.15) is 11.6 Å². The van der Waals surface area contributed by atoms with Crippen LogP contribution in [-0.4, -0.2) is 45.3 Å². The zero-order chi connectivity index (χ0) is 18.5. The summed E-state index contributed by atoms with van der Waals surface area (Å²) in [6.45, 7) is 4.59. The number of hydrogen-bond donors (Lipinski definition) is 1. The second-order valence-corrected chi connectivity index (χ2v) is 7.13. The van der Waals surface area contributed by atoms with Crippen molar-refractivity contribution in [1.29, 1.82) is 0 Å². The number of benzene rings is 1. The molecule has 1 N–H and O–H groups in total. The van der Waals surface area contributed by atoms with E-state index in [2.05, 4.69) is 10.2 Å². The summed E-state index contributed by atoms with van der Waals surface area (Å²) in [5.74, 6) is 1.86. The minimum absolute atomic E-state index is 0.0962. The van der Waals surface area contributed by atoms with Gasteiger partial charge in [-0.2, -0.15) is 5.10 Å². The van der Waals surface area contributed by atoms with E-state index in [0.717, 1.165) is 31.8 Å². The number of piperidine rings is 1.